The molecule has 0 unspecified atom stereocenters. The summed E-state index contributed by atoms with van der Waals surface area (Å²) in [6.45, 7) is 0. The van der Waals surface area contributed by atoms with Gasteiger partial charge in [0, 0.05) is 11.0 Å². The van der Waals surface area contributed by atoms with Crippen molar-refractivity contribution in [3.05, 3.63) is 34.0 Å². The van der Waals surface area contributed by atoms with E-state index >= 15 is 0 Å². The molecule has 0 radical (unpaired) electrons. The summed E-state index contributed by atoms with van der Waals surface area (Å²) in [6.07, 6.45) is 6.36. The van der Waals surface area contributed by atoms with Gasteiger partial charge in [0.2, 0.25) is 0 Å². The molecular weight excluding hydrogens is 240 g/mol. The molecule has 1 aromatic rings. The summed E-state index contributed by atoms with van der Waals surface area (Å²) in [7, 11) is 1.34. The van der Waals surface area contributed by atoms with Crippen LogP contribution in [0.15, 0.2) is 23.6 Å². The van der Waals surface area contributed by atoms with E-state index in [1.165, 1.54) is 24.5 Å². The standard InChI is InChI=1S/C12H12O4S/c1-16-12(15)4-2-3-9-7-10(17-8-9)5-6-11(13)14/h2-3,5-8H,4H2,1H3,(H,13,14)/b3-2?,6-5+. The Balaban J connectivity index is 2.56. The van der Waals surface area contributed by atoms with Crippen molar-refractivity contribution in [2.75, 3.05) is 7.11 Å². The van der Waals surface area contributed by atoms with Crippen molar-refractivity contribution < 1.29 is 19.4 Å². The van der Waals surface area contributed by atoms with Gasteiger partial charge in [0.1, 0.15) is 0 Å². The molecule has 0 atom stereocenters. The normalized spacial score (nSPS) is 11.1. The van der Waals surface area contributed by atoms with E-state index in [0.717, 1.165) is 16.5 Å². The van der Waals surface area contributed by atoms with Gasteiger partial charge in [-0.1, -0.05) is 12.2 Å². The van der Waals surface area contributed by atoms with Crippen molar-refractivity contribution >= 4 is 35.4 Å². The van der Waals surface area contributed by atoms with Gasteiger partial charge in [-0.3, -0.25) is 4.79 Å². The minimum Gasteiger partial charge on any atom is -0.478 e. The van der Waals surface area contributed by atoms with E-state index in [9.17, 15) is 9.59 Å². The summed E-state index contributed by atoms with van der Waals surface area (Å²) >= 11 is 1.44. The third-order valence-corrected chi connectivity index (χ3v) is 2.77. The van der Waals surface area contributed by atoms with Crippen LogP contribution in [-0.2, 0) is 14.3 Å². The molecule has 1 N–H and O–H groups in total. The largest absolute Gasteiger partial charge is 0.478 e. The van der Waals surface area contributed by atoms with Crippen molar-refractivity contribution in [2.24, 2.45) is 0 Å². The molecule has 0 aliphatic heterocycles. The number of rotatable bonds is 5. The number of aliphatic carboxylic acids is 1. The van der Waals surface area contributed by atoms with Gasteiger partial charge in [-0.05, 0) is 23.1 Å². The van der Waals surface area contributed by atoms with E-state index in [-0.39, 0.29) is 12.4 Å². The molecule has 0 saturated heterocycles. The zero-order valence-electron chi connectivity index (χ0n) is 9.25. The topological polar surface area (TPSA) is 63.6 Å². The van der Waals surface area contributed by atoms with Gasteiger partial charge in [-0.2, -0.15) is 0 Å². The second-order valence-electron chi connectivity index (χ2n) is 3.14. The predicted molar refractivity (Wildman–Crippen MR) is 66.7 cm³/mol. The lowest BCUT2D eigenvalue weighted by molar-refractivity contribution is -0.139. The van der Waals surface area contributed by atoms with Crippen LogP contribution in [0.1, 0.15) is 16.9 Å². The Bertz CT molecular complexity index is 457. The van der Waals surface area contributed by atoms with E-state index in [1.807, 2.05) is 11.4 Å². The van der Waals surface area contributed by atoms with E-state index < -0.39 is 5.97 Å². The summed E-state index contributed by atoms with van der Waals surface area (Å²) in [5.74, 6) is -1.26. The SMILES string of the molecule is COC(=O)CC=Cc1csc(/C=C/C(=O)O)c1. The highest BCUT2D eigenvalue weighted by Gasteiger charge is 1.97. The minimum absolute atomic E-state index is 0.229. The van der Waals surface area contributed by atoms with Gasteiger partial charge in [-0.25, -0.2) is 4.79 Å². The van der Waals surface area contributed by atoms with Crippen LogP contribution in [0, 0.1) is 0 Å². The average molecular weight is 252 g/mol. The molecule has 1 rings (SSSR count). The van der Waals surface area contributed by atoms with Crippen molar-refractivity contribution in [1.29, 1.82) is 0 Å². The van der Waals surface area contributed by atoms with Gasteiger partial charge in [0.25, 0.3) is 0 Å². The van der Waals surface area contributed by atoms with Crippen molar-refractivity contribution in [1.82, 2.24) is 0 Å². The van der Waals surface area contributed by atoms with Gasteiger partial charge in [0.05, 0.1) is 13.5 Å². The molecule has 90 valence electrons. The molecule has 1 heterocycles. The highest BCUT2D eigenvalue weighted by atomic mass is 32.1. The fraction of sp³-hybridized carbons (Fsp3) is 0.167. The first-order valence-electron chi connectivity index (χ1n) is 4.84. The smallest absolute Gasteiger partial charge is 0.328 e. The van der Waals surface area contributed by atoms with Gasteiger partial charge in [-0.15, -0.1) is 11.3 Å². The minimum atomic E-state index is -0.971. The molecule has 0 fully saturated rings. The van der Waals surface area contributed by atoms with Crippen LogP contribution in [0.2, 0.25) is 0 Å². The van der Waals surface area contributed by atoms with Crippen molar-refractivity contribution in [3.8, 4) is 0 Å². The monoisotopic (exact) mass is 252 g/mol. The molecule has 4 nitrogen and oxygen atoms in total. The second-order valence-corrected chi connectivity index (χ2v) is 4.08. The van der Waals surface area contributed by atoms with Gasteiger partial charge >= 0.3 is 11.9 Å². The molecule has 1 aromatic heterocycles. The van der Waals surface area contributed by atoms with E-state index in [1.54, 1.807) is 12.2 Å². The first kappa shape index (κ1) is 13.2. The molecule has 17 heavy (non-hydrogen) atoms. The molecule has 0 bridgehead atoms. The quantitative estimate of drug-likeness (QED) is 0.645. The van der Waals surface area contributed by atoms with Crippen molar-refractivity contribution in [3.63, 3.8) is 0 Å². The zero-order valence-corrected chi connectivity index (χ0v) is 10.1. The lowest BCUT2D eigenvalue weighted by atomic mass is 10.2. The summed E-state index contributed by atoms with van der Waals surface area (Å²) in [4.78, 5) is 22.0. The summed E-state index contributed by atoms with van der Waals surface area (Å²) < 4.78 is 4.49. The maximum atomic E-state index is 10.8. The Hall–Kier alpha value is -1.88. The Kier molecular flexibility index (Phi) is 5.16. The number of ether oxygens (including phenoxy) is 1. The number of carbonyl (C=O) groups is 2. The predicted octanol–water partition coefficient (Wildman–Crippen LogP) is 2.42. The summed E-state index contributed by atoms with van der Waals surface area (Å²) in [5.41, 5.74) is 0.934. The number of thiophene rings is 1. The highest BCUT2D eigenvalue weighted by Crippen LogP contribution is 2.17. The molecule has 0 aromatic carbocycles. The van der Waals surface area contributed by atoms with E-state index in [2.05, 4.69) is 4.74 Å². The molecule has 0 amide bonds. The summed E-state index contributed by atoms with van der Waals surface area (Å²) in [5, 5.41) is 10.3. The Morgan fingerprint density at radius 3 is 2.88 bits per heavy atom. The first-order valence-corrected chi connectivity index (χ1v) is 5.72. The number of carbonyl (C=O) groups excluding carboxylic acids is 1. The first-order chi connectivity index (χ1) is 8.11. The van der Waals surface area contributed by atoms with Crippen LogP contribution < -0.4 is 0 Å². The second kappa shape index (κ2) is 6.65. The number of methoxy groups -OCH3 is 1. The number of hydrogen-bond donors (Lipinski definition) is 1. The number of hydrogen-bond acceptors (Lipinski definition) is 4. The molecule has 5 heteroatoms. The number of esters is 1. The highest BCUT2D eigenvalue weighted by molar-refractivity contribution is 7.11. The van der Waals surface area contributed by atoms with Crippen molar-refractivity contribution in [2.45, 2.75) is 6.42 Å². The third kappa shape index (κ3) is 5.12. The molecule has 0 aliphatic carbocycles. The van der Waals surface area contributed by atoms with Crippen LogP contribution in [0.3, 0.4) is 0 Å². The Morgan fingerprint density at radius 1 is 1.47 bits per heavy atom. The van der Waals surface area contributed by atoms with Gasteiger partial charge in [0.15, 0.2) is 0 Å². The van der Waals surface area contributed by atoms with E-state index in [4.69, 9.17) is 5.11 Å². The van der Waals surface area contributed by atoms with Crippen LogP contribution in [-0.4, -0.2) is 24.2 Å². The lowest BCUT2D eigenvalue weighted by Crippen LogP contribution is -1.96. The zero-order chi connectivity index (χ0) is 12.7. The third-order valence-electron chi connectivity index (χ3n) is 1.85. The maximum Gasteiger partial charge on any atom is 0.328 e. The molecule has 0 saturated carbocycles. The lowest BCUT2D eigenvalue weighted by Gasteiger charge is -1.91. The molecule has 0 aliphatic rings. The number of carboxylic acids is 1. The van der Waals surface area contributed by atoms with Crippen LogP contribution >= 0.6 is 11.3 Å². The van der Waals surface area contributed by atoms with Crippen LogP contribution in [0.25, 0.3) is 12.2 Å². The molecular formula is C12H12O4S. The Labute approximate surface area is 103 Å². The van der Waals surface area contributed by atoms with E-state index in [0.29, 0.717) is 0 Å². The molecule has 0 spiro atoms. The maximum absolute atomic E-state index is 10.8. The average Bonchev–Trinajstić information content (AvgIpc) is 2.74. The fourth-order valence-electron chi connectivity index (χ4n) is 1.07. The van der Waals surface area contributed by atoms with Crippen LogP contribution in [0.4, 0.5) is 0 Å². The fourth-order valence-corrected chi connectivity index (χ4v) is 1.84. The van der Waals surface area contributed by atoms with Crippen LogP contribution in [0.5, 0.6) is 0 Å². The Morgan fingerprint density at radius 2 is 2.24 bits per heavy atom. The number of carboxylic acid groups (broad SMARTS) is 1. The summed E-state index contributed by atoms with van der Waals surface area (Å²) in [6, 6.07) is 1.85. The van der Waals surface area contributed by atoms with Gasteiger partial charge < -0.3 is 9.84 Å².